The van der Waals surface area contributed by atoms with Crippen molar-refractivity contribution in [2.24, 2.45) is 0 Å². The smallest absolute Gasteiger partial charge is 0.144 e. The fourth-order valence-electron chi connectivity index (χ4n) is 22.7. The van der Waals surface area contributed by atoms with E-state index in [0.717, 1.165) is 205 Å². The minimum absolute atomic E-state index is 0.861. The molecule has 0 spiro atoms. The first kappa shape index (κ1) is 84.8. The lowest BCUT2D eigenvalue weighted by atomic mass is 9.98. The maximum atomic E-state index is 6.67. The van der Waals surface area contributed by atoms with Crippen molar-refractivity contribution >= 4 is 288 Å². The number of para-hydroxylation sites is 6. The quantitative estimate of drug-likeness (QED) is 0.112. The van der Waals surface area contributed by atoms with E-state index in [1.807, 2.05) is 88.6 Å². The molecule has 0 saturated heterocycles. The van der Waals surface area contributed by atoms with Crippen LogP contribution in [0.3, 0.4) is 0 Å². The molecule has 0 aliphatic rings. The zero-order valence-corrected chi connectivity index (χ0v) is 81.7. The molecule has 0 aliphatic carbocycles. The largest absolute Gasteiger partial charge is 0.456 e. The van der Waals surface area contributed by atoms with Crippen molar-refractivity contribution < 1.29 is 26.5 Å². The van der Waals surface area contributed by atoms with Crippen molar-refractivity contribution in [2.45, 2.75) is 0 Å². The highest BCUT2D eigenvalue weighted by molar-refractivity contribution is 7.27. The molecule has 12 heteroatoms. The van der Waals surface area contributed by atoms with Gasteiger partial charge >= 0.3 is 0 Å². The Balaban J connectivity index is 0.000000103. The number of fused-ring (bicyclic) bond motifs is 31. The first-order chi connectivity index (χ1) is 73.4. The van der Waals surface area contributed by atoms with Gasteiger partial charge in [0.05, 0.1) is 28.1 Å². The Labute approximate surface area is 858 Å². The molecule has 694 valence electrons. The van der Waals surface area contributed by atoms with Crippen LogP contribution in [0.2, 0.25) is 0 Å². The van der Waals surface area contributed by atoms with E-state index in [9.17, 15) is 0 Å². The molecule has 9 aromatic heterocycles. The second-order valence-electron chi connectivity index (χ2n) is 37.8. The lowest BCUT2D eigenvalue weighted by Gasteiger charge is -2.27. The fourth-order valence-corrected chi connectivity index (χ4v) is 26.1. The molecule has 0 amide bonds. The van der Waals surface area contributed by atoms with Gasteiger partial charge in [-0.1, -0.05) is 291 Å². The van der Waals surface area contributed by atoms with Crippen LogP contribution in [0.25, 0.3) is 247 Å². The standard InChI is InChI=1S/C48H29NO2S.C46H27NO2S.C42H25NO2S/c1-2-11-30(12-3-1)32-13-8-14-33(29-32)31-23-25-34(26-24-31)49(38-17-9-21-42-45(38)37-16-5-7-20-41(37)50-42)39-18-10-22-43-46(39)47-44(52-43)28-27-36-35-15-4-6-19-40(35)51-48(36)47;1-2-11-32-28(9-1)10-7-14-33(32)29-19-21-30(22-20-29)47(31-23-24-36-34-12-3-5-16-39(34)48-41(36)27-31)38-15-8-18-42-44(38)45-43(50-42)26-25-37-35-13-4-6-17-40(35)49-46(37)45;1-2-9-26(10-3-1)27-17-19-28(20-18-27)43(29-21-23-37-33(25-29)31-12-5-6-14-35(31)44-37)34-13-8-16-38-40(34)41-39(46-38)24-22-32-30-11-4-7-15-36(30)45-42(32)41/h1-29H;1-27H;1-25H. The summed E-state index contributed by atoms with van der Waals surface area (Å²) in [5.74, 6) is 0. The van der Waals surface area contributed by atoms with E-state index in [-0.39, 0.29) is 0 Å². The molecule has 0 bridgehead atoms. The van der Waals surface area contributed by atoms with Crippen molar-refractivity contribution in [1.82, 2.24) is 0 Å². The highest BCUT2D eigenvalue weighted by Gasteiger charge is 2.30. The molecule has 0 aliphatic heterocycles. The molecule has 9 heterocycles. The zero-order chi connectivity index (χ0) is 97.1. The number of benzene rings is 23. The average Bonchev–Trinajstić information content (AvgIpc) is 1.56. The second-order valence-corrected chi connectivity index (χ2v) is 41.0. The predicted octanol–water partition coefficient (Wildman–Crippen LogP) is 41.8. The summed E-state index contributed by atoms with van der Waals surface area (Å²) in [4.78, 5) is 7.16. The summed E-state index contributed by atoms with van der Waals surface area (Å²) >= 11 is 5.43. The van der Waals surface area contributed by atoms with Crippen LogP contribution in [0, 0.1) is 0 Å². The Hall–Kier alpha value is -18.8. The molecule has 32 aromatic rings. The Bertz CT molecular complexity index is 10900. The van der Waals surface area contributed by atoms with Gasteiger partial charge in [0.1, 0.15) is 67.0 Å². The van der Waals surface area contributed by atoms with Crippen LogP contribution in [0.5, 0.6) is 0 Å². The summed E-state index contributed by atoms with van der Waals surface area (Å²) in [5, 5.41) is 22.9. The molecular weight excluding hydrogens is 1870 g/mol. The zero-order valence-electron chi connectivity index (χ0n) is 79.3. The summed E-state index contributed by atoms with van der Waals surface area (Å²) in [6.07, 6.45) is 0. The van der Waals surface area contributed by atoms with Gasteiger partial charge in [0.2, 0.25) is 0 Å². The Kier molecular flexibility index (Phi) is 19.8. The summed E-state index contributed by atoms with van der Waals surface area (Å²) in [5.41, 5.74) is 30.0. The first-order valence-electron chi connectivity index (χ1n) is 49.8. The molecule has 0 fully saturated rings. The molecule has 0 atom stereocenters. The van der Waals surface area contributed by atoms with Crippen LogP contribution in [-0.4, -0.2) is 0 Å². The normalized spacial score (nSPS) is 11.9. The highest BCUT2D eigenvalue weighted by atomic mass is 32.1. The third kappa shape index (κ3) is 13.9. The average molecular weight is 1950 g/mol. The van der Waals surface area contributed by atoms with E-state index in [2.05, 4.69) is 451 Å². The molecule has 0 N–H and O–H groups in total. The predicted molar refractivity (Wildman–Crippen MR) is 625 cm³/mol. The molecule has 0 radical (unpaired) electrons. The number of rotatable bonds is 13. The van der Waals surface area contributed by atoms with E-state index < -0.39 is 0 Å². The van der Waals surface area contributed by atoms with Crippen LogP contribution in [0.4, 0.5) is 51.2 Å². The first-order valence-corrected chi connectivity index (χ1v) is 52.2. The van der Waals surface area contributed by atoms with Crippen LogP contribution in [0.1, 0.15) is 0 Å². The number of hydrogen-bond donors (Lipinski definition) is 0. The number of thiophene rings is 3. The van der Waals surface area contributed by atoms with Crippen LogP contribution < -0.4 is 14.7 Å². The molecular formula is C136H81N3O6S3. The van der Waals surface area contributed by atoms with E-state index in [1.54, 1.807) is 0 Å². The molecule has 0 unspecified atom stereocenters. The third-order valence-electron chi connectivity index (χ3n) is 29.4. The van der Waals surface area contributed by atoms with Crippen molar-refractivity contribution in [3.63, 3.8) is 0 Å². The maximum absolute atomic E-state index is 6.67. The fraction of sp³-hybridized carbons (Fsp3) is 0. The van der Waals surface area contributed by atoms with Gasteiger partial charge in [-0.15, -0.1) is 34.0 Å². The monoisotopic (exact) mass is 1950 g/mol. The third-order valence-corrected chi connectivity index (χ3v) is 32.8. The van der Waals surface area contributed by atoms with Gasteiger partial charge in [0.25, 0.3) is 0 Å². The molecule has 32 rings (SSSR count). The lowest BCUT2D eigenvalue weighted by molar-refractivity contribution is 0.668. The van der Waals surface area contributed by atoms with Gasteiger partial charge in [-0.3, -0.25) is 0 Å². The summed E-state index contributed by atoms with van der Waals surface area (Å²) in [6.45, 7) is 0. The molecule has 9 nitrogen and oxygen atoms in total. The van der Waals surface area contributed by atoms with Gasteiger partial charge < -0.3 is 41.2 Å². The molecule has 23 aromatic carbocycles. The van der Waals surface area contributed by atoms with E-state index in [1.165, 1.54) is 94.1 Å². The minimum atomic E-state index is 0.861. The maximum Gasteiger partial charge on any atom is 0.144 e. The van der Waals surface area contributed by atoms with Gasteiger partial charge in [-0.25, -0.2) is 0 Å². The number of anilines is 9. The van der Waals surface area contributed by atoms with E-state index >= 15 is 0 Å². The molecule has 0 saturated carbocycles. The minimum Gasteiger partial charge on any atom is -0.456 e. The summed E-state index contributed by atoms with van der Waals surface area (Å²) in [6, 6.07) is 174. The van der Waals surface area contributed by atoms with Crippen LogP contribution in [-0.2, 0) is 0 Å². The summed E-state index contributed by atoms with van der Waals surface area (Å²) in [7, 11) is 0. The van der Waals surface area contributed by atoms with Crippen molar-refractivity contribution in [1.29, 1.82) is 0 Å². The highest BCUT2D eigenvalue weighted by Crippen LogP contribution is 2.56. The van der Waals surface area contributed by atoms with E-state index in [4.69, 9.17) is 26.5 Å². The van der Waals surface area contributed by atoms with Crippen LogP contribution >= 0.6 is 34.0 Å². The Morgan fingerprint density at radius 1 is 0.142 bits per heavy atom. The topological polar surface area (TPSA) is 88.6 Å². The Morgan fingerprint density at radius 3 is 0.946 bits per heavy atom. The van der Waals surface area contributed by atoms with E-state index in [0.29, 0.717) is 0 Å². The van der Waals surface area contributed by atoms with Crippen LogP contribution in [0.15, 0.2) is 518 Å². The SMILES string of the molecule is c1ccc(-c2ccc(N(c3ccc4oc5ccccc5c4c3)c3cccc4sc5ccc6c7ccccc7oc6c5c34)cc2)cc1.c1ccc(-c2cccc(-c3ccc(N(c4cccc5oc6ccccc6c45)c4cccc5sc6ccc7c8ccccc8oc7c6c45)cc3)c2)cc1.c1ccc2c(-c3ccc(N(c4ccc5c(c4)oc4ccccc45)c4cccc5sc6ccc7c8ccccc8oc7c6c45)cc3)cccc2c1. The molecule has 148 heavy (non-hydrogen) atoms. The number of nitrogens with zero attached hydrogens (tertiary/aromatic N) is 3. The van der Waals surface area contributed by atoms with Gasteiger partial charge in [0.15, 0.2) is 0 Å². The van der Waals surface area contributed by atoms with Crippen molar-refractivity contribution in [3.05, 3.63) is 491 Å². The second kappa shape index (κ2) is 34.5. The van der Waals surface area contributed by atoms with Gasteiger partial charge in [-0.05, 0) is 249 Å². The summed E-state index contributed by atoms with van der Waals surface area (Å²) < 4.78 is 46.3. The number of furan rings is 6. The lowest BCUT2D eigenvalue weighted by Crippen LogP contribution is -2.10. The van der Waals surface area contributed by atoms with Gasteiger partial charge in [0, 0.05) is 154 Å². The Morgan fingerprint density at radius 2 is 0.439 bits per heavy atom. The van der Waals surface area contributed by atoms with Gasteiger partial charge in [-0.2, -0.15) is 0 Å². The van der Waals surface area contributed by atoms with Crippen molar-refractivity contribution in [2.75, 3.05) is 14.7 Å². The number of hydrogen-bond acceptors (Lipinski definition) is 12. The van der Waals surface area contributed by atoms with Crippen molar-refractivity contribution in [3.8, 4) is 44.5 Å².